The number of amides is 2. The first kappa shape index (κ1) is 25.7. The molecule has 1 aromatic heterocycles. The number of anilines is 1. The predicted octanol–water partition coefficient (Wildman–Crippen LogP) is 6.19. The summed E-state index contributed by atoms with van der Waals surface area (Å²) in [5, 5.41) is 14.1. The van der Waals surface area contributed by atoms with Crippen molar-refractivity contribution in [3.63, 3.8) is 0 Å². The van der Waals surface area contributed by atoms with Crippen molar-refractivity contribution in [3.8, 4) is 11.3 Å². The van der Waals surface area contributed by atoms with E-state index in [1.54, 1.807) is 30.3 Å². The van der Waals surface area contributed by atoms with Gasteiger partial charge in [-0.2, -0.15) is 0 Å². The Kier molecular flexibility index (Phi) is 8.67. The number of hydrogen-bond donors (Lipinski definition) is 2. The first-order valence-electron chi connectivity index (χ1n) is 11.5. The van der Waals surface area contributed by atoms with Gasteiger partial charge in [0, 0.05) is 16.8 Å². The van der Waals surface area contributed by atoms with E-state index in [-0.39, 0.29) is 11.8 Å². The fourth-order valence-electron chi connectivity index (χ4n) is 3.67. The van der Waals surface area contributed by atoms with Crippen molar-refractivity contribution in [1.82, 2.24) is 15.5 Å². The molecule has 1 unspecified atom stereocenters. The maximum Gasteiger partial charge on any atom is 0.411 e. The predicted molar refractivity (Wildman–Crippen MR) is 141 cm³/mol. The zero-order valence-electron chi connectivity index (χ0n) is 20.1. The number of hydrogen-bond acceptors (Lipinski definition) is 6. The highest BCUT2D eigenvalue weighted by molar-refractivity contribution is 6.30. The molecule has 0 aliphatic carbocycles. The van der Waals surface area contributed by atoms with Crippen molar-refractivity contribution in [2.45, 2.75) is 19.1 Å². The van der Waals surface area contributed by atoms with E-state index in [4.69, 9.17) is 16.3 Å². The van der Waals surface area contributed by atoms with E-state index in [0.717, 1.165) is 16.7 Å². The molecule has 0 fully saturated rings. The Morgan fingerprint density at radius 3 is 2.16 bits per heavy atom. The topological polar surface area (TPSA) is 102 Å². The van der Waals surface area contributed by atoms with Gasteiger partial charge in [-0.25, -0.2) is 9.59 Å². The molecule has 0 bridgehead atoms. The van der Waals surface area contributed by atoms with Crippen LogP contribution in [0.25, 0.3) is 11.3 Å². The number of halogens is 1. The van der Waals surface area contributed by atoms with Crippen molar-refractivity contribution in [2.24, 2.45) is 0 Å². The summed E-state index contributed by atoms with van der Waals surface area (Å²) in [5.41, 5.74) is 4.37. The Hall–Kier alpha value is -4.43. The third-order valence-corrected chi connectivity index (χ3v) is 5.85. The van der Waals surface area contributed by atoms with Crippen LogP contribution in [-0.2, 0) is 22.5 Å². The molecule has 0 spiro atoms. The van der Waals surface area contributed by atoms with Gasteiger partial charge >= 0.3 is 12.2 Å². The molecule has 2 amide bonds. The van der Waals surface area contributed by atoms with Gasteiger partial charge in [0.15, 0.2) is 5.15 Å². The van der Waals surface area contributed by atoms with Crippen LogP contribution in [0.4, 0.5) is 15.3 Å². The SMILES string of the molecule is COC(=O)Nc1ccc(-c2cc(C(Cc3ccccc3)NC(=O)OCc3ccccc3)c(Cl)nn2)cc1. The highest BCUT2D eigenvalue weighted by Crippen LogP contribution is 2.29. The van der Waals surface area contributed by atoms with E-state index < -0.39 is 18.2 Å². The van der Waals surface area contributed by atoms with Crippen molar-refractivity contribution < 1.29 is 19.1 Å². The third kappa shape index (κ3) is 7.28. The molecule has 3 aromatic carbocycles. The highest BCUT2D eigenvalue weighted by Gasteiger charge is 2.21. The second-order valence-electron chi connectivity index (χ2n) is 8.12. The van der Waals surface area contributed by atoms with E-state index in [2.05, 4.69) is 25.6 Å². The van der Waals surface area contributed by atoms with Gasteiger partial charge in [-0.3, -0.25) is 5.32 Å². The second kappa shape index (κ2) is 12.5. The lowest BCUT2D eigenvalue weighted by Crippen LogP contribution is -2.31. The Labute approximate surface area is 219 Å². The number of ether oxygens (including phenoxy) is 2. The lowest BCUT2D eigenvalue weighted by molar-refractivity contribution is 0.135. The van der Waals surface area contributed by atoms with Crippen LogP contribution in [-0.4, -0.2) is 29.5 Å². The molecule has 2 N–H and O–H groups in total. The Balaban J connectivity index is 1.57. The number of carbonyl (C=O) groups excluding carboxylic acids is 2. The van der Waals surface area contributed by atoms with Crippen LogP contribution >= 0.6 is 11.6 Å². The van der Waals surface area contributed by atoms with E-state index in [9.17, 15) is 9.59 Å². The van der Waals surface area contributed by atoms with Crippen LogP contribution in [0.5, 0.6) is 0 Å². The molecule has 0 aliphatic rings. The van der Waals surface area contributed by atoms with Gasteiger partial charge in [-0.05, 0) is 35.7 Å². The minimum absolute atomic E-state index is 0.143. The largest absolute Gasteiger partial charge is 0.453 e. The second-order valence-corrected chi connectivity index (χ2v) is 8.48. The fraction of sp³-hybridized carbons (Fsp3) is 0.143. The maximum atomic E-state index is 12.7. The molecule has 4 rings (SSSR count). The van der Waals surface area contributed by atoms with Crippen LogP contribution in [0.3, 0.4) is 0 Å². The number of nitrogens with zero attached hydrogens (tertiary/aromatic N) is 2. The molecular formula is C28H25ClN4O4. The van der Waals surface area contributed by atoms with E-state index >= 15 is 0 Å². The van der Waals surface area contributed by atoms with Crippen molar-refractivity contribution in [1.29, 1.82) is 0 Å². The highest BCUT2D eigenvalue weighted by atomic mass is 35.5. The molecule has 0 aliphatic heterocycles. The number of benzene rings is 3. The monoisotopic (exact) mass is 516 g/mol. The lowest BCUT2D eigenvalue weighted by Gasteiger charge is -2.20. The van der Waals surface area contributed by atoms with Crippen LogP contribution in [0.2, 0.25) is 5.15 Å². The smallest absolute Gasteiger partial charge is 0.411 e. The van der Waals surface area contributed by atoms with Crippen molar-refractivity contribution >= 4 is 29.5 Å². The van der Waals surface area contributed by atoms with E-state index in [0.29, 0.717) is 23.4 Å². The van der Waals surface area contributed by atoms with Gasteiger partial charge in [0.05, 0.1) is 18.8 Å². The summed E-state index contributed by atoms with van der Waals surface area (Å²) in [6, 6.07) is 27.5. The van der Waals surface area contributed by atoms with Crippen molar-refractivity contribution in [3.05, 3.63) is 113 Å². The van der Waals surface area contributed by atoms with Gasteiger partial charge in [0.25, 0.3) is 0 Å². The number of aromatic nitrogens is 2. The first-order valence-corrected chi connectivity index (χ1v) is 11.9. The molecule has 1 atom stereocenters. The molecular weight excluding hydrogens is 492 g/mol. The molecule has 8 nitrogen and oxygen atoms in total. The van der Waals surface area contributed by atoms with Crippen molar-refractivity contribution in [2.75, 3.05) is 12.4 Å². The van der Waals surface area contributed by atoms with Crippen LogP contribution in [0.1, 0.15) is 22.7 Å². The molecule has 4 aromatic rings. The Bertz CT molecular complexity index is 1340. The van der Waals surface area contributed by atoms with Crippen LogP contribution < -0.4 is 10.6 Å². The average molecular weight is 517 g/mol. The van der Waals surface area contributed by atoms with Gasteiger partial charge in [0.1, 0.15) is 6.61 Å². The Morgan fingerprint density at radius 1 is 0.865 bits per heavy atom. The summed E-state index contributed by atoms with van der Waals surface area (Å²) < 4.78 is 10.1. The fourth-order valence-corrected chi connectivity index (χ4v) is 3.89. The lowest BCUT2D eigenvalue weighted by atomic mass is 9.99. The van der Waals surface area contributed by atoms with Crippen LogP contribution in [0, 0.1) is 0 Å². The zero-order chi connectivity index (χ0) is 26.0. The molecule has 0 radical (unpaired) electrons. The number of rotatable bonds is 8. The molecule has 1 heterocycles. The Morgan fingerprint density at radius 2 is 1.51 bits per heavy atom. The summed E-state index contributed by atoms with van der Waals surface area (Å²) in [4.78, 5) is 24.2. The third-order valence-electron chi connectivity index (χ3n) is 5.55. The quantitative estimate of drug-likeness (QED) is 0.289. The molecule has 0 saturated carbocycles. The normalized spacial score (nSPS) is 11.3. The van der Waals surface area contributed by atoms with Gasteiger partial charge in [-0.15, -0.1) is 10.2 Å². The summed E-state index contributed by atoms with van der Waals surface area (Å²) in [7, 11) is 1.30. The van der Waals surface area contributed by atoms with Crippen LogP contribution in [0.15, 0.2) is 91.0 Å². The van der Waals surface area contributed by atoms with E-state index in [1.807, 2.05) is 60.7 Å². The van der Waals surface area contributed by atoms with E-state index in [1.165, 1.54) is 7.11 Å². The molecule has 37 heavy (non-hydrogen) atoms. The zero-order valence-corrected chi connectivity index (χ0v) is 20.8. The maximum absolute atomic E-state index is 12.7. The summed E-state index contributed by atoms with van der Waals surface area (Å²) in [6.45, 7) is 0.143. The van der Waals surface area contributed by atoms with Gasteiger partial charge < -0.3 is 14.8 Å². The number of carbonyl (C=O) groups is 2. The summed E-state index contributed by atoms with van der Waals surface area (Å²) in [5.74, 6) is 0. The number of nitrogens with one attached hydrogen (secondary N) is 2. The minimum Gasteiger partial charge on any atom is -0.453 e. The molecule has 9 heteroatoms. The minimum atomic E-state index is -0.572. The number of methoxy groups -OCH3 is 1. The molecule has 0 saturated heterocycles. The van der Waals surface area contributed by atoms with Gasteiger partial charge in [0.2, 0.25) is 0 Å². The number of alkyl carbamates (subject to hydrolysis) is 1. The standard InChI is InChI=1S/C28H25ClN4O4/c1-36-27(34)30-22-14-12-21(13-15-22)24-17-23(26(29)33-32-24)25(16-19-8-4-2-5-9-19)31-28(35)37-18-20-10-6-3-7-11-20/h2-15,17,25H,16,18H2,1H3,(H,30,34)(H,31,35). The average Bonchev–Trinajstić information content (AvgIpc) is 2.93. The summed E-state index contributed by atoms with van der Waals surface area (Å²) in [6.07, 6.45) is -0.665. The molecule has 188 valence electrons. The summed E-state index contributed by atoms with van der Waals surface area (Å²) >= 11 is 6.47. The van der Waals surface area contributed by atoms with Gasteiger partial charge in [-0.1, -0.05) is 84.4 Å². The first-order chi connectivity index (χ1) is 18.0.